The second-order valence-corrected chi connectivity index (χ2v) is 3.53. The van der Waals surface area contributed by atoms with Crippen LogP contribution in [0, 0.1) is 0 Å². The summed E-state index contributed by atoms with van der Waals surface area (Å²) < 4.78 is 0. The molecule has 0 aliphatic heterocycles. The highest BCUT2D eigenvalue weighted by molar-refractivity contribution is 5.10. The van der Waals surface area contributed by atoms with Crippen molar-refractivity contribution in [2.45, 2.75) is 31.8 Å². The number of rotatable bonds is 3. The molecule has 13 heavy (non-hydrogen) atoms. The second kappa shape index (κ2) is 3.75. The first-order valence-corrected chi connectivity index (χ1v) is 4.77. The van der Waals surface area contributed by atoms with Gasteiger partial charge in [0.1, 0.15) is 0 Å². The van der Waals surface area contributed by atoms with Crippen LogP contribution in [0.5, 0.6) is 0 Å². The second-order valence-electron chi connectivity index (χ2n) is 3.53. The molecule has 0 aromatic carbocycles. The topological polar surface area (TPSA) is 40.7 Å². The van der Waals surface area contributed by atoms with E-state index in [9.17, 15) is 0 Å². The maximum Gasteiger partial charge on any atom is 0.0534 e. The SMILES string of the molecule is CC(NC1C=CCC1)c1cn[nH]c1. The molecule has 3 nitrogen and oxygen atoms in total. The largest absolute Gasteiger partial charge is 0.304 e. The maximum absolute atomic E-state index is 3.93. The van der Waals surface area contributed by atoms with Crippen molar-refractivity contribution >= 4 is 0 Å². The maximum atomic E-state index is 3.93. The van der Waals surface area contributed by atoms with Crippen molar-refractivity contribution in [3.8, 4) is 0 Å². The summed E-state index contributed by atoms with van der Waals surface area (Å²) in [6.45, 7) is 2.16. The molecule has 0 bridgehead atoms. The summed E-state index contributed by atoms with van der Waals surface area (Å²) in [7, 11) is 0. The number of nitrogens with one attached hydrogen (secondary N) is 2. The summed E-state index contributed by atoms with van der Waals surface area (Å²) >= 11 is 0. The Kier molecular flexibility index (Phi) is 2.45. The van der Waals surface area contributed by atoms with E-state index in [0.717, 1.165) is 0 Å². The molecule has 1 aliphatic rings. The molecular weight excluding hydrogens is 162 g/mol. The van der Waals surface area contributed by atoms with Crippen molar-refractivity contribution < 1.29 is 0 Å². The van der Waals surface area contributed by atoms with E-state index in [1.165, 1.54) is 18.4 Å². The molecule has 0 fully saturated rings. The van der Waals surface area contributed by atoms with Gasteiger partial charge in [0.15, 0.2) is 0 Å². The van der Waals surface area contributed by atoms with Gasteiger partial charge in [-0.2, -0.15) is 5.10 Å². The van der Waals surface area contributed by atoms with Crippen molar-refractivity contribution in [1.29, 1.82) is 0 Å². The van der Waals surface area contributed by atoms with E-state index >= 15 is 0 Å². The van der Waals surface area contributed by atoms with E-state index < -0.39 is 0 Å². The molecule has 0 amide bonds. The minimum atomic E-state index is 0.381. The summed E-state index contributed by atoms with van der Waals surface area (Å²) in [5.74, 6) is 0. The van der Waals surface area contributed by atoms with Crippen LogP contribution < -0.4 is 5.32 Å². The lowest BCUT2D eigenvalue weighted by atomic mass is 10.1. The molecule has 0 spiro atoms. The fraction of sp³-hybridized carbons (Fsp3) is 0.500. The van der Waals surface area contributed by atoms with Crippen LogP contribution in [0.2, 0.25) is 0 Å². The van der Waals surface area contributed by atoms with Gasteiger partial charge in [-0.3, -0.25) is 5.10 Å². The molecule has 2 N–H and O–H groups in total. The first kappa shape index (κ1) is 8.51. The third kappa shape index (κ3) is 1.98. The van der Waals surface area contributed by atoms with Gasteiger partial charge >= 0.3 is 0 Å². The summed E-state index contributed by atoms with van der Waals surface area (Å²) in [6, 6.07) is 0.927. The Balaban J connectivity index is 1.91. The monoisotopic (exact) mass is 177 g/mol. The lowest BCUT2D eigenvalue weighted by molar-refractivity contribution is 0.505. The van der Waals surface area contributed by atoms with Crippen LogP contribution >= 0.6 is 0 Å². The van der Waals surface area contributed by atoms with Crippen LogP contribution in [0.15, 0.2) is 24.5 Å². The average molecular weight is 177 g/mol. The number of H-pyrrole nitrogens is 1. The van der Waals surface area contributed by atoms with E-state index in [4.69, 9.17) is 0 Å². The molecule has 1 aromatic rings. The Morgan fingerprint density at radius 1 is 1.69 bits per heavy atom. The first-order chi connectivity index (χ1) is 6.36. The fourth-order valence-electron chi connectivity index (χ4n) is 1.69. The smallest absolute Gasteiger partial charge is 0.0534 e. The van der Waals surface area contributed by atoms with Crippen LogP contribution in [-0.4, -0.2) is 16.2 Å². The normalized spacial score (nSPS) is 23.6. The van der Waals surface area contributed by atoms with Crippen LogP contribution in [0.25, 0.3) is 0 Å². The number of hydrogen-bond donors (Lipinski definition) is 2. The van der Waals surface area contributed by atoms with Gasteiger partial charge in [0.05, 0.1) is 6.20 Å². The van der Waals surface area contributed by atoms with Crippen molar-refractivity contribution in [2.75, 3.05) is 0 Å². The van der Waals surface area contributed by atoms with Gasteiger partial charge in [0, 0.05) is 23.8 Å². The quantitative estimate of drug-likeness (QED) is 0.691. The molecule has 2 rings (SSSR count). The number of aromatic amines is 1. The average Bonchev–Trinajstić information content (AvgIpc) is 2.74. The van der Waals surface area contributed by atoms with Crippen LogP contribution in [0.1, 0.15) is 31.4 Å². The Hall–Kier alpha value is -1.09. The zero-order chi connectivity index (χ0) is 9.10. The predicted octanol–water partition coefficient (Wildman–Crippen LogP) is 1.78. The highest BCUT2D eigenvalue weighted by atomic mass is 15.1. The van der Waals surface area contributed by atoms with Crippen LogP contribution in [0.4, 0.5) is 0 Å². The summed E-state index contributed by atoms with van der Waals surface area (Å²) in [5.41, 5.74) is 1.22. The summed E-state index contributed by atoms with van der Waals surface area (Å²) in [4.78, 5) is 0. The van der Waals surface area contributed by atoms with Gasteiger partial charge in [-0.1, -0.05) is 12.2 Å². The van der Waals surface area contributed by atoms with E-state index in [2.05, 4.69) is 34.6 Å². The van der Waals surface area contributed by atoms with Crippen molar-refractivity contribution in [1.82, 2.24) is 15.5 Å². The number of hydrogen-bond acceptors (Lipinski definition) is 2. The zero-order valence-corrected chi connectivity index (χ0v) is 7.83. The van der Waals surface area contributed by atoms with Gasteiger partial charge in [0.2, 0.25) is 0 Å². The third-order valence-electron chi connectivity index (χ3n) is 2.50. The van der Waals surface area contributed by atoms with Crippen LogP contribution in [-0.2, 0) is 0 Å². The Morgan fingerprint density at radius 2 is 2.62 bits per heavy atom. The van der Waals surface area contributed by atoms with Crippen molar-refractivity contribution in [2.24, 2.45) is 0 Å². The minimum Gasteiger partial charge on any atom is -0.304 e. The molecular formula is C10H15N3. The van der Waals surface area contributed by atoms with Gasteiger partial charge in [-0.25, -0.2) is 0 Å². The molecule has 1 aromatic heterocycles. The van der Waals surface area contributed by atoms with Crippen molar-refractivity contribution in [3.05, 3.63) is 30.1 Å². The van der Waals surface area contributed by atoms with E-state index in [0.29, 0.717) is 12.1 Å². The minimum absolute atomic E-state index is 0.381. The lowest BCUT2D eigenvalue weighted by Crippen LogP contribution is -2.27. The zero-order valence-electron chi connectivity index (χ0n) is 7.83. The molecule has 0 radical (unpaired) electrons. The Labute approximate surface area is 78.2 Å². The van der Waals surface area contributed by atoms with Crippen molar-refractivity contribution in [3.63, 3.8) is 0 Å². The molecule has 2 atom stereocenters. The van der Waals surface area contributed by atoms with Gasteiger partial charge in [0.25, 0.3) is 0 Å². The summed E-state index contributed by atoms with van der Waals surface area (Å²) in [6.07, 6.45) is 10.7. The molecule has 3 heteroatoms. The number of allylic oxidation sites excluding steroid dienone is 1. The predicted molar refractivity (Wildman–Crippen MR) is 52.3 cm³/mol. The van der Waals surface area contributed by atoms with Gasteiger partial charge in [-0.15, -0.1) is 0 Å². The molecule has 70 valence electrons. The standard InChI is InChI=1S/C10H15N3/c1-8(9-6-11-12-7-9)13-10-4-2-3-5-10/h2,4,6-8,10,13H,3,5H2,1H3,(H,11,12). The molecule has 2 unspecified atom stereocenters. The Bertz CT molecular complexity index is 276. The number of aromatic nitrogens is 2. The van der Waals surface area contributed by atoms with E-state index in [-0.39, 0.29) is 0 Å². The van der Waals surface area contributed by atoms with Crippen LogP contribution in [0.3, 0.4) is 0 Å². The van der Waals surface area contributed by atoms with Gasteiger partial charge < -0.3 is 5.32 Å². The highest BCUT2D eigenvalue weighted by Crippen LogP contribution is 2.15. The molecule has 0 saturated heterocycles. The van der Waals surface area contributed by atoms with Gasteiger partial charge in [-0.05, 0) is 19.8 Å². The molecule has 1 aliphatic carbocycles. The summed E-state index contributed by atoms with van der Waals surface area (Å²) in [5, 5.41) is 10.3. The van der Waals surface area contributed by atoms with E-state index in [1.54, 1.807) is 0 Å². The Morgan fingerprint density at radius 3 is 3.23 bits per heavy atom. The molecule has 0 saturated carbocycles. The fourth-order valence-corrected chi connectivity index (χ4v) is 1.69. The van der Waals surface area contributed by atoms with E-state index in [1.807, 2.05) is 12.4 Å². The number of nitrogens with zero attached hydrogens (tertiary/aromatic N) is 1. The lowest BCUT2D eigenvalue weighted by Gasteiger charge is -2.16. The third-order valence-corrected chi connectivity index (χ3v) is 2.50. The highest BCUT2D eigenvalue weighted by Gasteiger charge is 2.13. The molecule has 1 heterocycles. The first-order valence-electron chi connectivity index (χ1n) is 4.77.